The Morgan fingerprint density at radius 3 is 2.84 bits per heavy atom. The molecule has 0 aliphatic rings. The smallest absolute Gasteiger partial charge is 0.224 e. The van der Waals surface area contributed by atoms with Crippen LogP contribution in [0.4, 0.5) is 5.95 Å². The summed E-state index contributed by atoms with van der Waals surface area (Å²) in [6.45, 7) is 9.41. The zero-order valence-electron chi connectivity index (χ0n) is 14.8. The van der Waals surface area contributed by atoms with E-state index in [4.69, 9.17) is 0 Å². The lowest BCUT2D eigenvalue weighted by Crippen LogP contribution is -2.20. The molecule has 1 aromatic carbocycles. The van der Waals surface area contributed by atoms with E-state index >= 15 is 0 Å². The van der Waals surface area contributed by atoms with Crippen LogP contribution in [0.25, 0.3) is 32.4 Å². The van der Waals surface area contributed by atoms with Crippen molar-refractivity contribution in [3.05, 3.63) is 35.6 Å². The van der Waals surface area contributed by atoms with Crippen LogP contribution in [0.15, 0.2) is 30.6 Å². The normalized spacial score (nSPS) is 12.2. The zero-order valence-corrected chi connectivity index (χ0v) is 15.7. The minimum Gasteiger partial charge on any atom is -0.354 e. The first kappa shape index (κ1) is 16.0. The number of rotatable bonds is 3. The van der Waals surface area contributed by atoms with E-state index in [0.29, 0.717) is 5.95 Å². The second-order valence-electron chi connectivity index (χ2n) is 7.49. The molecule has 0 aliphatic carbocycles. The number of aryl methyl sites for hydroxylation is 1. The van der Waals surface area contributed by atoms with Gasteiger partial charge in [-0.15, -0.1) is 11.3 Å². The highest BCUT2D eigenvalue weighted by Gasteiger charge is 2.13. The average molecular weight is 351 g/mol. The van der Waals surface area contributed by atoms with E-state index in [0.717, 1.165) is 39.2 Å². The van der Waals surface area contributed by atoms with Crippen LogP contribution >= 0.6 is 11.3 Å². The maximum Gasteiger partial charge on any atom is 0.224 e. The lowest BCUT2D eigenvalue weighted by Gasteiger charge is -2.18. The van der Waals surface area contributed by atoms with Gasteiger partial charge in [0.05, 0.1) is 15.2 Å². The van der Waals surface area contributed by atoms with Gasteiger partial charge in [-0.25, -0.2) is 9.97 Å². The lowest BCUT2D eigenvalue weighted by molar-refractivity contribution is 0.442. The van der Waals surface area contributed by atoms with Crippen LogP contribution in [0.1, 0.15) is 25.8 Å². The van der Waals surface area contributed by atoms with E-state index in [1.807, 2.05) is 19.3 Å². The maximum atomic E-state index is 4.60. The molecule has 0 radical (unpaired) electrons. The summed E-state index contributed by atoms with van der Waals surface area (Å²) in [5, 5.41) is 5.42. The number of thiazole rings is 1. The highest BCUT2D eigenvalue weighted by Crippen LogP contribution is 2.32. The van der Waals surface area contributed by atoms with Crippen LogP contribution < -0.4 is 5.32 Å². The quantitative estimate of drug-likeness (QED) is 0.545. The van der Waals surface area contributed by atoms with Gasteiger partial charge in [0.15, 0.2) is 0 Å². The Labute approximate surface area is 150 Å². The Morgan fingerprint density at radius 2 is 2.04 bits per heavy atom. The van der Waals surface area contributed by atoms with Crippen molar-refractivity contribution in [2.24, 2.45) is 5.41 Å². The van der Waals surface area contributed by atoms with Crippen LogP contribution in [0.5, 0.6) is 0 Å². The van der Waals surface area contributed by atoms with E-state index in [1.54, 1.807) is 11.3 Å². The van der Waals surface area contributed by atoms with Crippen LogP contribution in [0, 0.1) is 12.3 Å². The SMILES string of the molecule is Cc1nc2ccc(-c3c[nH]c4nc(NCC(C)(C)C)ncc34)cc2s1. The Kier molecular flexibility index (Phi) is 3.72. The number of nitrogens with zero attached hydrogens (tertiary/aromatic N) is 3. The van der Waals surface area contributed by atoms with E-state index in [-0.39, 0.29) is 5.41 Å². The molecule has 4 aromatic rings. The van der Waals surface area contributed by atoms with E-state index < -0.39 is 0 Å². The van der Waals surface area contributed by atoms with Crippen molar-refractivity contribution >= 4 is 38.5 Å². The standard InChI is InChI=1S/C19H21N5S/c1-11-23-15-6-5-12(7-16(15)25-11)13-8-20-17-14(13)9-21-18(24-17)22-10-19(2,3)4/h5-9H,10H2,1-4H3,(H2,20,21,22,24). The zero-order chi connectivity index (χ0) is 17.6. The van der Waals surface area contributed by atoms with Gasteiger partial charge >= 0.3 is 0 Å². The number of fused-ring (bicyclic) bond motifs is 2. The Morgan fingerprint density at radius 1 is 1.20 bits per heavy atom. The summed E-state index contributed by atoms with van der Waals surface area (Å²) in [6, 6.07) is 6.37. The molecule has 0 unspecified atom stereocenters. The van der Waals surface area contributed by atoms with Gasteiger partial charge in [-0.05, 0) is 30.0 Å². The maximum absolute atomic E-state index is 4.60. The number of aromatic amines is 1. The first-order valence-corrected chi connectivity index (χ1v) is 9.16. The second kappa shape index (κ2) is 5.81. The summed E-state index contributed by atoms with van der Waals surface area (Å²) in [5.41, 5.74) is 4.35. The lowest BCUT2D eigenvalue weighted by atomic mass is 9.97. The number of hydrogen-bond acceptors (Lipinski definition) is 5. The third-order valence-corrected chi connectivity index (χ3v) is 4.95. The fourth-order valence-corrected chi connectivity index (χ4v) is 3.65. The molecule has 2 N–H and O–H groups in total. The number of benzene rings is 1. The van der Waals surface area contributed by atoms with Gasteiger partial charge in [0.1, 0.15) is 5.65 Å². The monoisotopic (exact) mass is 351 g/mol. The van der Waals surface area contributed by atoms with Crippen molar-refractivity contribution in [3.8, 4) is 11.1 Å². The van der Waals surface area contributed by atoms with Gasteiger partial charge in [-0.1, -0.05) is 26.8 Å². The number of anilines is 1. The van der Waals surface area contributed by atoms with Crippen molar-refractivity contribution in [1.29, 1.82) is 0 Å². The van der Waals surface area contributed by atoms with Crippen LogP contribution in [0.3, 0.4) is 0 Å². The Hall–Kier alpha value is -2.47. The molecule has 0 amide bonds. The first-order valence-electron chi connectivity index (χ1n) is 8.35. The largest absolute Gasteiger partial charge is 0.354 e. The molecule has 0 aliphatic heterocycles. The second-order valence-corrected chi connectivity index (χ2v) is 8.72. The van der Waals surface area contributed by atoms with Crippen molar-refractivity contribution < 1.29 is 0 Å². The molecule has 4 rings (SSSR count). The van der Waals surface area contributed by atoms with Gasteiger partial charge in [0, 0.05) is 29.9 Å². The van der Waals surface area contributed by atoms with E-state index in [1.165, 1.54) is 4.70 Å². The molecule has 6 heteroatoms. The number of nitrogens with one attached hydrogen (secondary N) is 2. The van der Waals surface area contributed by atoms with Crippen molar-refractivity contribution in [2.45, 2.75) is 27.7 Å². The molecule has 3 aromatic heterocycles. The topological polar surface area (TPSA) is 66.5 Å². The molecule has 25 heavy (non-hydrogen) atoms. The molecule has 0 fully saturated rings. The van der Waals surface area contributed by atoms with Gasteiger partial charge in [-0.3, -0.25) is 0 Å². The molecule has 3 heterocycles. The van der Waals surface area contributed by atoms with Gasteiger partial charge in [0.2, 0.25) is 5.95 Å². The fraction of sp³-hybridized carbons (Fsp3) is 0.316. The summed E-state index contributed by atoms with van der Waals surface area (Å²) < 4.78 is 1.20. The molecule has 0 spiro atoms. The highest BCUT2D eigenvalue weighted by atomic mass is 32.1. The minimum atomic E-state index is 0.182. The van der Waals surface area contributed by atoms with Crippen molar-refractivity contribution in [1.82, 2.24) is 19.9 Å². The average Bonchev–Trinajstić information content (AvgIpc) is 3.13. The Balaban J connectivity index is 1.70. The van der Waals surface area contributed by atoms with Gasteiger partial charge in [-0.2, -0.15) is 4.98 Å². The molecule has 0 atom stereocenters. The molecular formula is C19H21N5S. The molecule has 128 valence electrons. The molecule has 5 nitrogen and oxygen atoms in total. The van der Waals surface area contributed by atoms with Crippen LogP contribution in [-0.4, -0.2) is 26.5 Å². The number of hydrogen-bond donors (Lipinski definition) is 2. The van der Waals surface area contributed by atoms with E-state index in [2.05, 4.69) is 64.2 Å². The van der Waals surface area contributed by atoms with Crippen molar-refractivity contribution in [3.63, 3.8) is 0 Å². The predicted octanol–water partition coefficient (Wildman–Crippen LogP) is 5.00. The summed E-state index contributed by atoms with van der Waals surface area (Å²) in [4.78, 5) is 16.9. The van der Waals surface area contributed by atoms with E-state index in [9.17, 15) is 0 Å². The summed E-state index contributed by atoms with van der Waals surface area (Å²) >= 11 is 1.72. The highest BCUT2D eigenvalue weighted by molar-refractivity contribution is 7.18. The summed E-state index contributed by atoms with van der Waals surface area (Å²) in [5.74, 6) is 0.657. The minimum absolute atomic E-state index is 0.182. The summed E-state index contributed by atoms with van der Waals surface area (Å²) in [6.07, 6.45) is 3.89. The summed E-state index contributed by atoms with van der Waals surface area (Å²) in [7, 11) is 0. The number of H-pyrrole nitrogens is 1. The fourth-order valence-electron chi connectivity index (χ4n) is 2.78. The first-order chi connectivity index (χ1) is 11.9. The third kappa shape index (κ3) is 3.22. The molecule has 0 saturated heterocycles. The molecule has 0 saturated carbocycles. The Bertz CT molecular complexity index is 1050. The van der Waals surface area contributed by atoms with Gasteiger partial charge < -0.3 is 10.3 Å². The van der Waals surface area contributed by atoms with Crippen LogP contribution in [-0.2, 0) is 0 Å². The number of aromatic nitrogens is 4. The third-order valence-electron chi connectivity index (χ3n) is 4.02. The van der Waals surface area contributed by atoms with Crippen molar-refractivity contribution in [2.75, 3.05) is 11.9 Å². The molecule has 0 bridgehead atoms. The van der Waals surface area contributed by atoms with Crippen LogP contribution in [0.2, 0.25) is 0 Å². The van der Waals surface area contributed by atoms with Gasteiger partial charge in [0.25, 0.3) is 0 Å². The predicted molar refractivity (Wildman–Crippen MR) is 105 cm³/mol. The molecular weight excluding hydrogens is 330 g/mol.